The second-order valence-corrected chi connectivity index (χ2v) is 6.60. The van der Waals surface area contributed by atoms with Gasteiger partial charge in [0.05, 0.1) is 19.0 Å². The molecule has 0 aliphatic carbocycles. The van der Waals surface area contributed by atoms with Crippen LogP contribution in [0.2, 0.25) is 0 Å². The van der Waals surface area contributed by atoms with Crippen LogP contribution in [0.1, 0.15) is 24.0 Å². The number of nitrogens with one attached hydrogen (secondary N) is 1. The van der Waals surface area contributed by atoms with E-state index in [1.165, 1.54) is 10.9 Å². The molecule has 1 aromatic carbocycles. The molecule has 3 heterocycles. The predicted octanol–water partition coefficient (Wildman–Crippen LogP) is 2.91. The molecular formula is C19H22N4O. The molecule has 1 atom stereocenters. The van der Waals surface area contributed by atoms with Crippen LogP contribution in [0.15, 0.2) is 42.9 Å². The summed E-state index contributed by atoms with van der Waals surface area (Å²) in [5.74, 6) is 0.216. The van der Waals surface area contributed by atoms with E-state index in [9.17, 15) is 4.79 Å². The Hall–Kier alpha value is -2.56. The largest absolute Gasteiger partial charge is 0.361 e. The van der Waals surface area contributed by atoms with Gasteiger partial charge in [-0.2, -0.15) is 5.10 Å². The highest BCUT2D eigenvalue weighted by molar-refractivity contribution is 5.91. The molecule has 0 saturated carbocycles. The Balaban J connectivity index is 1.52. The quantitative estimate of drug-likeness (QED) is 0.803. The second kappa shape index (κ2) is 6.15. The summed E-state index contributed by atoms with van der Waals surface area (Å²) in [6, 6.07) is 8.38. The third-order valence-corrected chi connectivity index (χ3v) is 4.99. The van der Waals surface area contributed by atoms with E-state index in [4.69, 9.17) is 0 Å². The van der Waals surface area contributed by atoms with E-state index in [0.717, 1.165) is 37.0 Å². The zero-order valence-electron chi connectivity index (χ0n) is 13.9. The van der Waals surface area contributed by atoms with Gasteiger partial charge in [-0.05, 0) is 43.0 Å². The van der Waals surface area contributed by atoms with Gasteiger partial charge in [0.2, 0.25) is 5.91 Å². The number of fused-ring (bicyclic) bond motifs is 1. The second-order valence-electron chi connectivity index (χ2n) is 6.60. The molecule has 5 heteroatoms. The monoisotopic (exact) mass is 322 g/mol. The van der Waals surface area contributed by atoms with E-state index in [0.29, 0.717) is 6.42 Å². The van der Waals surface area contributed by atoms with Crippen molar-refractivity contribution < 1.29 is 4.79 Å². The van der Waals surface area contributed by atoms with Crippen LogP contribution < -0.4 is 0 Å². The number of likely N-dealkylation sites (tertiary alicyclic amines) is 1. The number of aryl methyl sites for hydroxylation is 1. The number of H-pyrrole nitrogens is 1. The number of benzene rings is 1. The molecule has 4 rings (SSSR count). The van der Waals surface area contributed by atoms with Gasteiger partial charge in [0, 0.05) is 36.0 Å². The van der Waals surface area contributed by atoms with Gasteiger partial charge >= 0.3 is 0 Å². The average Bonchev–Trinajstić information content (AvgIpc) is 3.29. The number of hydrogen-bond donors (Lipinski definition) is 1. The zero-order valence-corrected chi connectivity index (χ0v) is 13.9. The summed E-state index contributed by atoms with van der Waals surface area (Å²) in [6.07, 6.45) is 8.32. The number of nitrogens with zero attached hydrogens (tertiary/aromatic N) is 3. The zero-order chi connectivity index (χ0) is 16.5. The molecule has 3 aromatic rings. The Kier molecular flexibility index (Phi) is 3.84. The Morgan fingerprint density at radius 2 is 2.29 bits per heavy atom. The topological polar surface area (TPSA) is 53.9 Å². The summed E-state index contributed by atoms with van der Waals surface area (Å²) in [7, 11) is 0. The van der Waals surface area contributed by atoms with Gasteiger partial charge in [0.25, 0.3) is 0 Å². The highest BCUT2D eigenvalue weighted by Crippen LogP contribution is 2.25. The molecule has 1 aliphatic rings. The van der Waals surface area contributed by atoms with Crippen molar-refractivity contribution in [2.45, 2.75) is 38.8 Å². The highest BCUT2D eigenvalue weighted by atomic mass is 16.2. The number of aromatic amines is 1. The minimum absolute atomic E-state index is 0.216. The first kappa shape index (κ1) is 15.0. The Morgan fingerprint density at radius 1 is 1.38 bits per heavy atom. The molecule has 2 aromatic heterocycles. The van der Waals surface area contributed by atoms with Gasteiger partial charge < -0.3 is 9.88 Å². The molecule has 1 fully saturated rings. The lowest BCUT2D eigenvalue weighted by Gasteiger charge is -2.24. The fourth-order valence-electron chi connectivity index (χ4n) is 3.83. The van der Waals surface area contributed by atoms with Gasteiger partial charge in [0.1, 0.15) is 0 Å². The molecule has 24 heavy (non-hydrogen) atoms. The van der Waals surface area contributed by atoms with Crippen molar-refractivity contribution >= 4 is 16.8 Å². The van der Waals surface area contributed by atoms with Crippen molar-refractivity contribution in [3.05, 3.63) is 54.0 Å². The fourth-order valence-corrected chi connectivity index (χ4v) is 3.83. The van der Waals surface area contributed by atoms with E-state index in [2.05, 4.69) is 29.1 Å². The van der Waals surface area contributed by atoms with Crippen molar-refractivity contribution in [1.82, 2.24) is 19.7 Å². The Bertz CT molecular complexity index is 850. The van der Waals surface area contributed by atoms with Crippen LogP contribution in [0, 0.1) is 6.92 Å². The molecule has 0 bridgehead atoms. The molecule has 1 saturated heterocycles. The first-order valence-corrected chi connectivity index (χ1v) is 8.55. The highest BCUT2D eigenvalue weighted by Gasteiger charge is 2.29. The lowest BCUT2D eigenvalue weighted by molar-refractivity contribution is -0.131. The van der Waals surface area contributed by atoms with Crippen LogP contribution in [0.25, 0.3) is 10.9 Å². The number of rotatable bonds is 4. The number of amides is 1. The third-order valence-electron chi connectivity index (χ3n) is 4.99. The Labute approximate surface area is 141 Å². The molecular weight excluding hydrogens is 300 g/mol. The van der Waals surface area contributed by atoms with E-state index in [-0.39, 0.29) is 11.9 Å². The van der Waals surface area contributed by atoms with Gasteiger partial charge in [-0.1, -0.05) is 12.1 Å². The molecule has 0 radical (unpaired) electrons. The van der Waals surface area contributed by atoms with Crippen LogP contribution in [0.4, 0.5) is 0 Å². The fraction of sp³-hybridized carbons (Fsp3) is 0.368. The first-order valence-electron chi connectivity index (χ1n) is 8.55. The summed E-state index contributed by atoms with van der Waals surface area (Å²) in [6.45, 7) is 3.73. The van der Waals surface area contributed by atoms with Gasteiger partial charge in [-0.25, -0.2) is 0 Å². The SMILES string of the molecule is Cc1cccc2[nH]cc(CC(=O)N3CCCC3Cn3cccn3)c12. The van der Waals surface area contributed by atoms with Gasteiger partial charge in [-0.3, -0.25) is 9.48 Å². The number of aromatic nitrogens is 3. The van der Waals surface area contributed by atoms with Crippen molar-refractivity contribution in [3.8, 4) is 0 Å². The van der Waals surface area contributed by atoms with Crippen LogP contribution >= 0.6 is 0 Å². The minimum Gasteiger partial charge on any atom is -0.361 e. The van der Waals surface area contributed by atoms with Crippen LogP contribution in [-0.4, -0.2) is 38.2 Å². The third kappa shape index (κ3) is 2.70. The molecule has 1 N–H and O–H groups in total. The van der Waals surface area contributed by atoms with Crippen molar-refractivity contribution in [2.75, 3.05) is 6.54 Å². The molecule has 1 unspecified atom stereocenters. The summed E-state index contributed by atoms with van der Waals surface area (Å²) in [5, 5.41) is 5.46. The van der Waals surface area contributed by atoms with Crippen molar-refractivity contribution in [3.63, 3.8) is 0 Å². The lowest BCUT2D eigenvalue weighted by atomic mass is 10.0. The first-order chi connectivity index (χ1) is 11.7. The van der Waals surface area contributed by atoms with Crippen molar-refractivity contribution in [2.24, 2.45) is 0 Å². The molecule has 1 aliphatic heterocycles. The standard InChI is InChI=1S/C19H22N4O/c1-14-5-2-7-17-19(14)15(12-20-17)11-18(24)23-10-3-6-16(23)13-22-9-4-8-21-22/h2,4-5,7-9,12,16,20H,3,6,10-11,13H2,1H3. The van der Waals surface area contributed by atoms with Gasteiger partial charge in [-0.15, -0.1) is 0 Å². The summed E-state index contributed by atoms with van der Waals surface area (Å²) in [4.78, 5) is 18.2. The number of hydrogen-bond acceptors (Lipinski definition) is 2. The normalized spacial score (nSPS) is 17.7. The summed E-state index contributed by atoms with van der Waals surface area (Å²) in [5.41, 5.74) is 3.41. The molecule has 5 nitrogen and oxygen atoms in total. The van der Waals surface area contributed by atoms with Crippen LogP contribution in [0.5, 0.6) is 0 Å². The van der Waals surface area contributed by atoms with Crippen LogP contribution in [-0.2, 0) is 17.8 Å². The maximum atomic E-state index is 12.9. The molecule has 124 valence electrons. The minimum atomic E-state index is 0.216. The van der Waals surface area contributed by atoms with E-state index in [1.54, 1.807) is 6.20 Å². The molecule has 1 amide bonds. The Morgan fingerprint density at radius 3 is 3.12 bits per heavy atom. The van der Waals surface area contributed by atoms with Crippen LogP contribution in [0.3, 0.4) is 0 Å². The number of carbonyl (C=O) groups excluding carboxylic acids is 1. The van der Waals surface area contributed by atoms with E-state index >= 15 is 0 Å². The molecule has 0 spiro atoms. The maximum Gasteiger partial charge on any atom is 0.227 e. The predicted molar refractivity (Wildman–Crippen MR) is 93.7 cm³/mol. The summed E-state index contributed by atoms with van der Waals surface area (Å²) < 4.78 is 1.92. The van der Waals surface area contributed by atoms with Gasteiger partial charge in [0.15, 0.2) is 0 Å². The summed E-state index contributed by atoms with van der Waals surface area (Å²) >= 11 is 0. The number of carbonyl (C=O) groups is 1. The van der Waals surface area contributed by atoms with Crippen molar-refractivity contribution in [1.29, 1.82) is 0 Å². The maximum absolute atomic E-state index is 12.9. The average molecular weight is 322 g/mol. The van der Waals surface area contributed by atoms with E-state index < -0.39 is 0 Å². The smallest absolute Gasteiger partial charge is 0.227 e. The van der Waals surface area contributed by atoms with E-state index in [1.807, 2.05) is 34.1 Å². The lowest BCUT2D eigenvalue weighted by Crippen LogP contribution is -2.39.